The lowest BCUT2D eigenvalue weighted by Gasteiger charge is -2.16. The van der Waals surface area contributed by atoms with Gasteiger partial charge in [-0.3, -0.25) is 4.72 Å². The van der Waals surface area contributed by atoms with Crippen molar-refractivity contribution in [1.29, 1.82) is 0 Å². The molecule has 0 aliphatic carbocycles. The van der Waals surface area contributed by atoms with Gasteiger partial charge in [0.25, 0.3) is 10.0 Å². The summed E-state index contributed by atoms with van der Waals surface area (Å²) >= 11 is 0. The van der Waals surface area contributed by atoms with E-state index in [1.807, 2.05) is 31.2 Å². The molecule has 4 aromatic rings. The van der Waals surface area contributed by atoms with Crippen LogP contribution in [-0.4, -0.2) is 32.6 Å². The lowest BCUT2D eigenvalue weighted by molar-refractivity contribution is 0.395. The standard InChI is InChI=1S/C24H24N4O4S/c1-15-9-10-22(16(2)11-15)33(29,30)28-24-23(26-20-7-5-6-8-21(20)27-24)25-17-12-18(31-3)14-19(13-17)32-4/h5-14H,1-4H3,(H,25,26)(H,27,28). The van der Waals surface area contributed by atoms with Gasteiger partial charge in [0.1, 0.15) is 11.5 Å². The van der Waals surface area contributed by atoms with Gasteiger partial charge in [0.15, 0.2) is 11.6 Å². The van der Waals surface area contributed by atoms with Crippen LogP contribution in [0.5, 0.6) is 11.5 Å². The second-order valence-corrected chi connectivity index (χ2v) is 9.16. The molecule has 0 atom stereocenters. The molecule has 1 aromatic heterocycles. The summed E-state index contributed by atoms with van der Waals surface area (Å²) in [7, 11) is -0.805. The van der Waals surface area contributed by atoms with E-state index >= 15 is 0 Å². The van der Waals surface area contributed by atoms with Crippen LogP contribution >= 0.6 is 0 Å². The fourth-order valence-corrected chi connectivity index (χ4v) is 4.69. The molecule has 3 aromatic carbocycles. The van der Waals surface area contributed by atoms with Crippen molar-refractivity contribution in [2.24, 2.45) is 0 Å². The zero-order valence-electron chi connectivity index (χ0n) is 18.7. The highest BCUT2D eigenvalue weighted by atomic mass is 32.2. The minimum atomic E-state index is -3.91. The average Bonchev–Trinajstić information content (AvgIpc) is 2.78. The summed E-state index contributed by atoms with van der Waals surface area (Å²) in [6.45, 7) is 3.67. The number of benzene rings is 3. The van der Waals surface area contributed by atoms with E-state index in [-0.39, 0.29) is 16.5 Å². The van der Waals surface area contributed by atoms with Gasteiger partial charge in [-0.1, -0.05) is 29.8 Å². The number of ether oxygens (including phenoxy) is 2. The van der Waals surface area contributed by atoms with Gasteiger partial charge in [0.2, 0.25) is 0 Å². The second kappa shape index (κ2) is 8.95. The van der Waals surface area contributed by atoms with Gasteiger partial charge in [-0.05, 0) is 37.6 Å². The summed E-state index contributed by atoms with van der Waals surface area (Å²) in [4.78, 5) is 9.33. The topological polar surface area (TPSA) is 102 Å². The number of anilines is 3. The lowest BCUT2D eigenvalue weighted by Crippen LogP contribution is -2.17. The average molecular weight is 465 g/mol. The maximum Gasteiger partial charge on any atom is 0.263 e. The van der Waals surface area contributed by atoms with E-state index in [9.17, 15) is 8.42 Å². The Bertz CT molecular complexity index is 1420. The Hall–Kier alpha value is -3.85. The molecule has 0 bridgehead atoms. The molecular formula is C24H24N4O4S. The Balaban J connectivity index is 1.80. The van der Waals surface area contributed by atoms with Gasteiger partial charge in [0.05, 0.1) is 30.1 Å². The number of hydrogen-bond acceptors (Lipinski definition) is 7. The van der Waals surface area contributed by atoms with Crippen molar-refractivity contribution in [2.45, 2.75) is 18.7 Å². The van der Waals surface area contributed by atoms with Crippen LogP contribution in [0, 0.1) is 13.8 Å². The molecule has 0 aliphatic rings. The van der Waals surface area contributed by atoms with Crippen molar-refractivity contribution >= 4 is 38.4 Å². The molecule has 0 radical (unpaired) electrons. The fraction of sp³-hybridized carbons (Fsp3) is 0.167. The van der Waals surface area contributed by atoms with Crippen LogP contribution < -0.4 is 19.5 Å². The van der Waals surface area contributed by atoms with Gasteiger partial charge in [-0.15, -0.1) is 0 Å². The van der Waals surface area contributed by atoms with Crippen LogP contribution in [0.25, 0.3) is 11.0 Å². The number of rotatable bonds is 7. The Morgan fingerprint density at radius 2 is 1.39 bits per heavy atom. The zero-order chi connectivity index (χ0) is 23.6. The van der Waals surface area contributed by atoms with Gasteiger partial charge in [-0.2, -0.15) is 0 Å². The normalized spacial score (nSPS) is 11.3. The van der Waals surface area contributed by atoms with E-state index in [2.05, 4.69) is 20.0 Å². The minimum absolute atomic E-state index is 0.0791. The molecule has 2 N–H and O–H groups in total. The van der Waals surface area contributed by atoms with Crippen molar-refractivity contribution in [1.82, 2.24) is 9.97 Å². The summed E-state index contributed by atoms with van der Waals surface area (Å²) in [5.74, 6) is 1.47. The summed E-state index contributed by atoms with van der Waals surface area (Å²) < 4.78 is 39.7. The molecule has 0 saturated heterocycles. The number of nitrogens with zero attached hydrogens (tertiary/aromatic N) is 2. The van der Waals surface area contributed by atoms with E-state index < -0.39 is 10.0 Å². The van der Waals surface area contributed by atoms with E-state index in [4.69, 9.17) is 9.47 Å². The van der Waals surface area contributed by atoms with E-state index in [0.29, 0.717) is 33.8 Å². The third kappa shape index (κ3) is 4.83. The number of para-hydroxylation sites is 2. The first kappa shape index (κ1) is 22.3. The highest BCUT2D eigenvalue weighted by molar-refractivity contribution is 7.92. The molecule has 0 amide bonds. The van der Waals surface area contributed by atoms with Crippen LogP contribution in [0.3, 0.4) is 0 Å². The third-order valence-electron chi connectivity index (χ3n) is 5.04. The fourth-order valence-electron chi connectivity index (χ4n) is 3.46. The molecule has 33 heavy (non-hydrogen) atoms. The second-order valence-electron chi connectivity index (χ2n) is 7.51. The third-order valence-corrected chi connectivity index (χ3v) is 6.53. The lowest BCUT2D eigenvalue weighted by atomic mass is 10.2. The Kier molecular flexibility index (Phi) is 6.06. The molecule has 0 saturated carbocycles. The van der Waals surface area contributed by atoms with Crippen molar-refractivity contribution in [3.05, 3.63) is 71.8 Å². The predicted molar refractivity (Wildman–Crippen MR) is 129 cm³/mol. The molecule has 9 heteroatoms. The van der Waals surface area contributed by atoms with Gasteiger partial charge in [-0.25, -0.2) is 18.4 Å². The molecule has 0 unspecified atom stereocenters. The number of aromatic nitrogens is 2. The molecule has 0 fully saturated rings. The first-order valence-electron chi connectivity index (χ1n) is 10.2. The largest absolute Gasteiger partial charge is 0.497 e. The summed E-state index contributed by atoms with van der Waals surface area (Å²) in [5, 5.41) is 3.15. The monoisotopic (exact) mass is 464 g/mol. The number of hydrogen-bond donors (Lipinski definition) is 2. The summed E-state index contributed by atoms with van der Waals surface area (Å²) in [6, 6.07) is 17.6. The van der Waals surface area contributed by atoms with Gasteiger partial charge >= 0.3 is 0 Å². The molecule has 0 spiro atoms. The number of methoxy groups -OCH3 is 2. The van der Waals surface area contributed by atoms with Crippen LogP contribution in [0.15, 0.2) is 65.6 Å². The Labute approximate surface area is 192 Å². The predicted octanol–water partition coefficient (Wildman–Crippen LogP) is 4.81. The van der Waals surface area contributed by atoms with Crippen molar-refractivity contribution in [3.8, 4) is 11.5 Å². The first-order valence-corrected chi connectivity index (χ1v) is 11.6. The van der Waals surface area contributed by atoms with Gasteiger partial charge < -0.3 is 14.8 Å². The SMILES string of the molecule is COc1cc(Nc2nc3ccccc3nc2NS(=O)(=O)c2ccc(C)cc2C)cc(OC)c1. The number of aryl methyl sites for hydroxylation is 2. The molecular weight excluding hydrogens is 440 g/mol. The number of sulfonamides is 1. The molecule has 1 heterocycles. The van der Waals surface area contributed by atoms with E-state index in [1.165, 1.54) is 0 Å². The quantitative estimate of drug-likeness (QED) is 0.405. The first-order chi connectivity index (χ1) is 15.8. The summed E-state index contributed by atoms with van der Waals surface area (Å²) in [5.41, 5.74) is 3.39. The Morgan fingerprint density at radius 3 is 1.97 bits per heavy atom. The highest BCUT2D eigenvalue weighted by Crippen LogP contribution is 2.31. The summed E-state index contributed by atoms with van der Waals surface area (Å²) in [6.07, 6.45) is 0. The smallest absolute Gasteiger partial charge is 0.263 e. The van der Waals surface area contributed by atoms with Crippen molar-refractivity contribution < 1.29 is 17.9 Å². The van der Waals surface area contributed by atoms with E-state index in [1.54, 1.807) is 57.5 Å². The van der Waals surface area contributed by atoms with E-state index in [0.717, 1.165) is 5.56 Å². The highest BCUT2D eigenvalue weighted by Gasteiger charge is 2.21. The Morgan fingerprint density at radius 1 is 0.788 bits per heavy atom. The number of nitrogens with one attached hydrogen (secondary N) is 2. The van der Waals surface area contributed by atoms with Crippen LogP contribution in [0.4, 0.5) is 17.3 Å². The van der Waals surface area contributed by atoms with Crippen LogP contribution in [0.2, 0.25) is 0 Å². The maximum atomic E-state index is 13.2. The molecule has 8 nitrogen and oxygen atoms in total. The van der Waals surface area contributed by atoms with Crippen molar-refractivity contribution in [2.75, 3.05) is 24.3 Å². The minimum Gasteiger partial charge on any atom is -0.497 e. The molecule has 0 aliphatic heterocycles. The molecule has 170 valence electrons. The number of fused-ring (bicyclic) bond motifs is 1. The van der Waals surface area contributed by atoms with Crippen molar-refractivity contribution in [3.63, 3.8) is 0 Å². The maximum absolute atomic E-state index is 13.2. The zero-order valence-corrected chi connectivity index (χ0v) is 19.5. The van der Waals surface area contributed by atoms with Gasteiger partial charge in [0, 0.05) is 23.9 Å². The van der Waals surface area contributed by atoms with Crippen LogP contribution in [-0.2, 0) is 10.0 Å². The van der Waals surface area contributed by atoms with Crippen LogP contribution in [0.1, 0.15) is 11.1 Å². The molecule has 4 rings (SSSR count).